The summed E-state index contributed by atoms with van der Waals surface area (Å²) in [6.07, 6.45) is 35.1. The van der Waals surface area contributed by atoms with Gasteiger partial charge in [-0.15, -0.1) is 0 Å². The summed E-state index contributed by atoms with van der Waals surface area (Å²) in [5.41, 5.74) is 24.8. The first-order valence-electron chi connectivity index (χ1n) is 23.7. The summed E-state index contributed by atoms with van der Waals surface area (Å²) >= 11 is 0. The van der Waals surface area contributed by atoms with Gasteiger partial charge in [-0.2, -0.15) is 0 Å². The lowest BCUT2D eigenvalue weighted by atomic mass is 9.92. The number of rotatable bonds is 30. The van der Waals surface area contributed by atoms with Crippen LogP contribution >= 0.6 is 0 Å². The van der Waals surface area contributed by atoms with E-state index >= 15 is 0 Å². The zero-order valence-corrected chi connectivity index (χ0v) is 36.9. The smallest absolute Gasteiger partial charge is 0.223 e. The SMILES string of the molecule is CCCCCCCC#CC1=C(c2cc(CCCC)cc(CCCC)c2)[N+](=[N-])C(c2cc(CCCCCCCC)cc(CCCCCCCC)c2)=C1CCCC. The van der Waals surface area contributed by atoms with Crippen LogP contribution < -0.4 is 0 Å². The number of hydrogen-bond donors (Lipinski definition) is 0. The van der Waals surface area contributed by atoms with Gasteiger partial charge in [-0.1, -0.05) is 175 Å². The molecule has 0 aliphatic carbocycles. The molecule has 0 fully saturated rings. The highest BCUT2D eigenvalue weighted by atomic mass is 15.2. The summed E-state index contributed by atoms with van der Waals surface area (Å²) in [5, 5.41) is 0. The molecule has 2 nitrogen and oxygen atoms in total. The lowest BCUT2D eigenvalue weighted by molar-refractivity contribution is -0.345. The Kier molecular flexibility index (Phi) is 24.1. The van der Waals surface area contributed by atoms with Gasteiger partial charge in [0.1, 0.15) is 5.57 Å². The average molecular weight is 747 g/mol. The van der Waals surface area contributed by atoms with E-state index in [0.29, 0.717) is 0 Å². The maximum Gasteiger partial charge on any atom is 0.223 e. The van der Waals surface area contributed by atoms with E-state index in [0.717, 1.165) is 80.3 Å². The highest BCUT2D eigenvalue weighted by Gasteiger charge is 2.35. The Morgan fingerprint density at radius 2 is 0.764 bits per heavy atom. The van der Waals surface area contributed by atoms with Crippen LogP contribution in [-0.2, 0) is 25.7 Å². The van der Waals surface area contributed by atoms with Gasteiger partial charge >= 0.3 is 0 Å². The standard InChI is InChI=1S/C53H82N2/c1-7-13-19-22-25-28-31-37-51-50(36-18-12-6)52(55(54)53(51)48-40-44(32-16-10-4)38-45(41-48)33-17-11-5)49-42-46(34-29-26-23-20-14-8-2)39-47(43-49)35-30-27-24-21-15-9-3/h38-43H,7-30,32-36H2,1-6H3. The molecule has 2 heteroatoms. The molecular weight excluding hydrogens is 665 g/mol. The molecule has 0 N–H and O–H groups in total. The topological polar surface area (TPSA) is 25.3 Å². The molecule has 2 aromatic carbocycles. The molecule has 3 rings (SSSR count). The molecule has 0 bridgehead atoms. The quantitative estimate of drug-likeness (QED) is 0.0432. The molecular formula is C53H82N2. The zero-order chi connectivity index (χ0) is 39.5. The van der Waals surface area contributed by atoms with Crippen molar-refractivity contribution in [3.63, 3.8) is 0 Å². The van der Waals surface area contributed by atoms with Crippen LogP contribution in [0.3, 0.4) is 0 Å². The van der Waals surface area contributed by atoms with Gasteiger partial charge < -0.3 is 5.53 Å². The minimum absolute atomic E-state index is 0.912. The molecule has 304 valence electrons. The van der Waals surface area contributed by atoms with E-state index in [1.165, 1.54) is 162 Å². The lowest BCUT2D eigenvalue weighted by Crippen LogP contribution is -2.05. The second-order valence-corrected chi connectivity index (χ2v) is 16.8. The number of allylic oxidation sites excluding steroid dienone is 2. The monoisotopic (exact) mass is 747 g/mol. The maximum absolute atomic E-state index is 12.7. The molecule has 1 aliphatic rings. The fraction of sp³-hybridized carbons (Fsp3) is 0.660. The molecule has 0 atom stereocenters. The number of nitrogens with zero attached hydrogens (tertiary/aromatic N) is 2. The average Bonchev–Trinajstić information content (AvgIpc) is 3.47. The van der Waals surface area contributed by atoms with E-state index in [2.05, 4.69) is 89.8 Å². The summed E-state index contributed by atoms with van der Waals surface area (Å²) in [4.78, 5) is 0. The van der Waals surface area contributed by atoms with Crippen molar-refractivity contribution in [2.75, 3.05) is 0 Å². The molecule has 0 radical (unpaired) electrons. The Balaban J connectivity index is 2.14. The van der Waals surface area contributed by atoms with E-state index in [-0.39, 0.29) is 0 Å². The van der Waals surface area contributed by atoms with E-state index in [4.69, 9.17) is 0 Å². The van der Waals surface area contributed by atoms with Gasteiger partial charge in [-0.3, -0.25) is 0 Å². The van der Waals surface area contributed by atoms with Gasteiger partial charge in [0, 0.05) is 23.1 Å². The predicted molar refractivity (Wildman–Crippen MR) is 242 cm³/mol. The summed E-state index contributed by atoms with van der Waals surface area (Å²) in [5.74, 6) is 7.39. The molecule has 0 spiro atoms. The van der Waals surface area contributed by atoms with Gasteiger partial charge in [0.15, 0.2) is 0 Å². The van der Waals surface area contributed by atoms with Gasteiger partial charge in [-0.05, 0) is 117 Å². The van der Waals surface area contributed by atoms with Crippen molar-refractivity contribution in [1.29, 1.82) is 0 Å². The van der Waals surface area contributed by atoms with Crippen molar-refractivity contribution in [1.82, 2.24) is 0 Å². The minimum atomic E-state index is 0.912. The zero-order valence-electron chi connectivity index (χ0n) is 36.9. The molecule has 55 heavy (non-hydrogen) atoms. The van der Waals surface area contributed by atoms with Crippen LogP contribution in [-0.4, -0.2) is 4.70 Å². The summed E-state index contributed by atoms with van der Waals surface area (Å²) in [6, 6.07) is 14.5. The summed E-state index contributed by atoms with van der Waals surface area (Å²) in [7, 11) is 0. The van der Waals surface area contributed by atoms with Crippen molar-refractivity contribution in [3.05, 3.63) is 86.5 Å². The van der Waals surface area contributed by atoms with E-state index in [9.17, 15) is 5.53 Å². The first-order chi connectivity index (χ1) is 27.0. The van der Waals surface area contributed by atoms with Crippen LogP contribution in [0.25, 0.3) is 16.9 Å². The van der Waals surface area contributed by atoms with Crippen molar-refractivity contribution in [3.8, 4) is 11.8 Å². The first kappa shape index (κ1) is 46.5. The number of unbranched alkanes of at least 4 members (excludes halogenated alkanes) is 18. The van der Waals surface area contributed by atoms with Gasteiger partial charge in [0.2, 0.25) is 11.4 Å². The molecule has 0 saturated carbocycles. The van der Waals surface area contributed by atoms with E-state index in [1.54, 1.807) is 4.70 Å². The van der Waals surface area contributed by atoms with Gasteiger partial charge in [0.05, 0.1) is 0 Å². The number of hydrogen-bond acceptors (Lipinski definition) is 0. The third kappa shape index (κ3) is 16.6. The Bertz CT molecular complexity index is 1460. The molecule has 0 unspecified atom stereocenters. The van der Waals surface area contributed by atoms with E-state index in [1.807, 2.05) is 0 Å². The second-order valence-electron chi connectivity index (χ2n) is 16.8. The second kappa shape index (κ2) is 28.5. The Hall–Kier alpha value is -2.92. The lowest BCUT2D eigenvalue weighted by Gasteiger charge is -2.14. The van der Waals surface area contributed by atoms with Crippen LogP contribution in [0, 0.1) is 11.8 Å². The normalized spacial score (nSPS) is 12.9. The van der Waals surface area contributed by atoms with E-state index < -0.39 is 0 Å². The fourth-order valence-corrected chi connectivity index (χ4v) is 8.23. The molecule has 1 aliphatic heterocycles. The number of benzene rings is 2. The third-order valence-corrected chi connectivity index (χ3v) is 11.6. The molecule has 1 heterocycles. The molecule has 0 aromatic heterocycles. The molecule has 2 aromatic rings. The van der Waals surface area contributed by atoms with Crippen molar-refractivity contribution >= 4 is 11.4 Å². The maximum atomic E-state index is 12.7. The Labute approximate surface area is 341 Å². The minimum Gasteiger partial charge on any atom is -0.493 e. The predicted octanol–water partition coefficient (Wildman–Crippen LogP) is 16.9. The third-order valence-electron chi connectivity index (χ3n) is 11.6. The number of aryl methyl sites for hydroxylation is 4. The largest absolute Gasteiger partial charge is 0.493 e. The molecule has 0 amide bonds. The fourth-order valence-electron chi connectivity index (χ4n) is 8.23. The van der Waals surface area contributed by atoms with Crippen LogP contribution in [0.15, 0.2) is 47.5 Å². The highest BCUT2D eigenvalue weighted by Crippen LogP contribution is 2.43. The van der Waals surface area contributed by atoms with Crippen LogP contribution in [0.4, 0.5) is 0 Å². The highest BCUT2D eigenvalue weighted by molar-refractivity contribution is 5.86. The van der Waals surface area contributed by atoms with Crippen LogP contribution in [0.5, 0.6) is 0 Å². The molecule has 0 saturated heterocycles. The summed E-state index contributed by atoms with van der Waals surface area (Å²) in [6.45, 7) is 13.7. The first-order valence-corrected chi connectivity index (χ1v) is 23.7. The van der Waals surface area contributed by atoms with Gasteiger partial charge in [0.25, 0.3) is 0 Å². The Morgan fingerprint density at radius 1 is 0.400 bits per heavy atom. The Morgan fingerprint density at radius 3 is 1.22 bits per heavy atom. The van der Waals surface area contributed by atoms with Crippen LogP contribution in [0.1, 0.15) is 235 Å². The van der Waals surface area contributed by atoms with Crippen molar-refractivity contribution in [2.45, 2.75) is 228 Å². The van der Waals surface area contributed by atoms with Crippen molar-refractivity contribution < 1.29 is 4.70 Å². The van der Waals surface area contributed by atoms with Crippen LogP contribution in [0.2, 0.25) is 0 Å². The summed E-state index contributed by atoms with van der Waals surface area (Å²) < 4.78 is 1.59. The van der Waals surface area contributed by atoms with Gasteiger partial charge in [-0.25, -0.2) is 4.70 Å². The van der Waals surface area contributed by atoms with Crippen molar-refractivity contribution in [2.24, 2.45) is 0 Å².